The molecule has 1 heterocycles. The lowest BCUT2D eigenvalue weighted by Crippen LogP contribution is -2.29. The average Bonchev–Trinajstić information content (AvgIpc) is 2.67. The smallest absolute Gasteiger partial charge is 0.387 e. The largest absolute Gasteiger partial charge is 0.493 e. The van der Waals surface area contributed by atoms with Crippen molar-refractivity contribution < 1.29 is 27.4 Å². The number of thioether (sulfide) groups is 1. The van der Waals surface area contributed by atoms with Crippen LogP contribution in [-0.2, 0) is 4.79 Å². The molecule has 8 heteroatoms. The van der Waals surface area contributed by atoms with Crippen molar-refractivity contribution in [2.24, 2.45) is 0 Å². The molecule has 0 saturated heterocycles. The second kappa shape index (κ2) is 9.05. The maximum atomic E-state index is 13.6. The summed E-state index contributed by atoms with van der Waals surface area (Å²) in [5.41, 5.74) is 1.02. The first-order chi connectivity index (χ1) is 13.5. The van der Waals surface area contributed by atoms with Gasteiger partial charge in [0, 0.05) is 22.3 Å². The molecule has 28 heavy (non-hydrogen) atoms. The molecule has 4 nitrogen and oxygen atoms in total. The molecule has 1 aliphatic heterocycles. The SMILES string of the molecule is COc1cccc(/C=C/C(=O)NC2CCSc3ccc(F)cc32)c1OC(F)F. The number of alkyl halides is 2. The van der Waals surface area contributed by atoms with E-state index in [4.69, 9.17) is 4.74 Å². The van der Waals surface area contributed by atoms with Gasteiger partial charge < -0.3 is 14.8 Å². The third kappa shape index (κ3) is 4.81. The van der Waals surface area contributed by atoms with E-state index in [-0.39, 0.29) is 28.9 Å². The standard InChI is InChI=1S/C20H18F3NO3S/c1-26-16-4-2-3-12(19(16)27-20(22)23)5-8-18(25)24-15-9-10-28-17-7-6-13(21)11-14(15)17/h2-8,11,15,20H,9-10H2,1H3,(H,24,25)/b8-5+. The first kappa shape index (κ1) is 20.1. The van der Waals surface area contributed by atoms with Crippen LogP contribution in [0.5, 0.6) is 11.5 Å². The van der Waals surface area contributed by atoms with E-state index in [2.05, 4.69) is 10.1 Å². The fourth-order valence-electron chi connectivity index (χ4n) is 2.94. The summed E-state index contributed by atoms with van der Waals surface area (Å²) in [5, 5.41) is 2.84. The van der Waals surface area contributed by atoms with Crippen LogP contribution in [0.2, 0.25) is 0 Å². The first-order valence-electron chi connectivity index (χ1n) is 8.50. The Balaban J connectivity index is 1.76. The number of carbonyl (C=O) groups excluding carboxylic acids is 1. The lowest BCUT2D eigenvalue weighted by molar-refractivity contribution is -0.117. The quantitative estimate of drug-likeness (QED) is 0.696. The Labute approximate surface area is 164 Å². The van der Waals surface area contributed by atoms with Crippen LogP contribution in [0.4, 0.5) is 13.2 Å². The van der Waals surface area contributed by atoms with Gasteiger partial charge in [0.15, 0.2) is 11.5 Å². The number of carbonyl (C=O) groups is 1. The highest BCUT2D eigenvalue weighted by molar-refractivity contribution is 7.99. The number of fused-ring (bicyclic) bond motifs is 1. The molecule has 1 atom stereocenters. The molecular weight excluding hydrogens is 391 g/mol. The number of hydrogen-bond donors (Lipinski definition) is 1. The van der Waals surface area contributed by atoms with Crippen LogP contribution in [0.3, 0.4) is 0 Å². The van der Waals surface area contributed by atoms with Gasteiger partial charge in [-0.05, 0) is 42.3 Å². The minimum Gasteiger partial charge on any atom is -0.493 e. The minimum absolute atomic E-state index is 0.136. The van der Waals surface area contributed by atoms with E-state index in [1.165, 1.54) is 43.5 Å². The summed E-state index contributed by atoms with van der Waals surface area (Å²) in [6.45, 7) is -3.02. The average molecular weight is 409 g/mol. The summed E-state index contributed by atoms with van der Waals surface area (Å²) >= 11 is 1.61. The number of hydrogen-bond acceptors (Lipinski definition) is 4. The fourth-order valence-corrected chi connectivity index (χ4v) is 4.05. The van der Waals surface area contributed by atoms with E-state index < -0.39 is 12.5 Å². The van der Waals surface area contributed by atoms with Gasteiger partial charge in [-0.1, -0.05) is 12.1 Å². The molecule has 0 bridgehead atoms. The number of para-hydroxylation sites is 1. The Bertz CT molecular complexity index is 889. The van der Waals surface area contributed by atoms with Gasteiger partial charge >= 0.3 is 6.61 Å². The molecule has 2 aromatic carbocycles. The third-order valence-corrected chi connectivity index (χ3v) is 5.30. The number of halogens is 3. The van der Waals surface area contributed by atoms with E-state index in [9.17, 15) is 18.0 Å². The Morgan fingerprint density at radius 1 is 1.32 bits per heavy atom. The summed E-state index contributed by atoms with van der Waals surface area (Å²) in [7, 11) is 1.34. The molecule has 3 rings (SSSR count). The van der Waals surface area contributed by atoms with E-state index in [0.717, 1.165) is 16.2 Å². The van der Waals surface area contributed by atoms with Gasteiger partial charge in [0.1, 0.15) is 5.82 Å². The number of rotatable bonds is 6. The normalized spacial score (nSPS) is 16.1. The summed E-state index contributed by atoms with van der Waals surface area (Å²) < 4.78 is 48.5. The van der Waals surface area contributed by atoms with E-state index in [0.29, 0.717) is 6.42 Å². The van der Waals surface area contributed by atoms with Crippen LogP contribution in [0.25, 0.3) is 6.08 Å². The predicted octanol–water partition coefficient (Wildman–Crippen LogP) is 4.80. The Morgan fingerprint density at radius 3 is 2.89 bits per heavy atom. The Kier molecular flexibility index (Phi) is 6.51. The molecule has 1 N–H and O–H groups in total. The summed E-state index contributed by atoms with van der Waals surface area (Å²) in [6, 6.07) is 8.83. The highest BCUT2D eigenvalue weighted by Gasteiger charge is 2.22. The lowest BCUT2D eigenvalue weighted by Gasteiger charge is -2.25. The Hall–Kier alpha value is -2.61. The van der Waals surface area contributed by atoms with Crippen molar-refractivity contribution in [1.82, 2.24) is 5.32 Å². The molecule has 1 unspecified atom stereocenters. The molecule has 2 aromatic rings. The highest BCUT2D eigenvalue weighted by atomic mass is 32.2. The zero-order valence-corrected chi connectivity index (χ0v) is 15.8. The van der Waals surface area contributed by atoms with Crippen LogP contribution >= 0.6 is 11.8 Å². The van der Waals surface area contributed by atoms with E-state index in [1.54, 1.807) is 23.9 Å². The molecule has 0 radical (unpaired) electrons. The lowest BCUT2D eigenvalue weighted by atomic mass is 10.0. The molecule has 0 aliphatic carbocycles. The molecule has 0 aromatic heterocycles. The number of methoxy groups -OCH3 is 1. The van der Waals surface area contributed by atoms with Crippen LogP contribution in [-0.4, -0.2) is 25.4 Å². The van der Waals surface area contributed by atoms with Crippen molar-refractivity contribution in [2.75, 3.05) is 12.9 Å². The summed E-state index contributed by atoms with van der Waals surface area (Å²) in [6.07, 6.45) is 3.27. The van der Waals surface area contributed by atoms with Gasteiger partial charge in [-0.2, -0.15) is 8.78 Å². The molecular formula is C20H18F3NO3S. The van der Waals surface area contributed by atoms with Gasteiger partial charge in [-0.15, -0.1) is 11.8 Å². The maximum Gasteiger partial charge on any atom is 0.387 e. The van der Waals surface area contributed by atoms with Gasteiger partial charge in [-0.25, -0.2) is 4.39 Å². The van der Waals surface area contributed by atoms with Crippen molar-refractivity contribution in [3.63, 3.8) is 0 Å². The molecule has 0 spiro atoms. The second-order valence-corrected chi connectivity index (χ2v) is 7.11. The van der Waals surface area contributed by atoms with Crippen molar-refractivity contribution >= 4 is 23.7 Å². The second-order valence-electron chi connectivity index (χ2n) is 5.97. The van der Waals surface area contributed by atoms with Crippen LogP contribution in [0, 0.1) is 5.82 Å². The molecule has 1 amide bonds. The fraction of sp³-hybridized carbons (Fsp3) is 0.250. The summed E-state index contributed by atoms with van der Waals surface area (Å²) in [4.78, 5) is 13.3. The number of amides is 1. The maximum absolute atomic E-state index is 13.6. The molecule has 0 fully saturated rings. The molecule has 148 valence electrons. The van der Waals surface area contributed by atoms with Crippen molar-refractivity contribution in [1.29, 1.82) is 0 Å². The zero-order valence-electron chi connectivity index (χ0n) is 15.0. The van der Waals surface area contributed by atoms with E-state index >= 15 is 0 Å². The molecule has 0 saturated carbocycles. The Morgan fingerprint density at radius 2 is 2.14 bits per heavy atom. The van der Waals surface area contributed by atoms with Crippen LogP contribution in [0.1, 0.15) is 23.6 Å². The summed E-state index contributed by atoms with van der Waals surface area (Å²) in [5.74, 6) is 0.0106. The van der Waals surface area contributed by atoms with E-state index in [1.807, 2.05) is 0 Å². The minimum atomic E-state index is -3.02. The van der Waals surface area contributed by atoms with Gasteiger partial charge in [0.2, 0.25) is 5.91 Å². The highest BCUT2D eigenvalue weighted by Crippen LogP contribution is 2.36. The van der Waals surface area contributed by atoms with Crippen molar-refractivity contribution in [3.8, 4) is 11.5 Å². The number of nitrogens with one attached hydrogen (secondary N) is 1. The monoisotopic (exact) mass is 409 g/mol. The number of ether oxygens (including phenoxy) is 2. The van der Waals surface area contributed by atoms with Gasteiger partial charge in [0.25, 0.3) is 0 Å². The number of benzene rings is 2. The zero-order chi connectivity index (χ0) is 20.1. The van der Waals surface area contributed by atoms with Crippen LogP contribution < -0.4 is 14.8 Å². The van der Waals surface area contributed by atoms with Crippen molar-refractivity contribution in [2.45, 2.75) is 24.0 Å². The van der Waals surface area contributed by atoms with Crippen molar-refractivity contribution in [3.05, 3.63) is 59.4 Å². The first-order valence-corrected chi connectivity index (χ1v) is 9.49. The molecule has 1 aliphatic rings. The van der Waals surface area contributed by atoms with Crippen LogP contribution in [0.15, 0.2) is 47.4 Å². The topological polar surface area (TPSA) is 47.6 Å². The van der Waals surface area contributed by atoms with Gasteiger partial charge in [-0.3, -0.25) is 4.79 Å². The third-order valence-electron chi connectivity index (χ3n) is 4.18. The van der Waals surface area contributed by atoms with Gasteiger partial charge in [0.05, 0.1) is 13.2 Å². The predicted molar refractivity (Wildman–Crippen MR) is 101 cm³/mol.